The number of aromatic nitrogens is 2. The van der Waals surface area contributed by atoms with Gasteiger partial charge in [-0.05, 0) is 44.6 Å². The maximum Gasteiger partial charge on any atom is 0.227 e. The van der Waals surface area contributed by atoms with Gasteiger partial charge in [0.1, 0.15) is 5.02 Å². The first-order valence-corrected chi connectivity index (χ1v) is 11.9. The number of carbonyl (C=O) groups excluding carboxylic acids is 1. The molecule has 1 N–H and O–H groups in total. The van der Waals surface area contributed by atoms with Crippen molar-refractivity contribution in [2.75, 3.05) is 56.5 Å². The molecule has 0 unspecified atom stereocenters. The minimum absolute atomic E-state index is 0.121. The number of likely N-dealkylation sites (tertiary alicyclic amines) is 1. The molecular weight excluding hydrogens is 471 g/mol. The van der Waals surface area contributed by atoms with Gasteiger partial charge in [-0.3, -0.25) is 4.79 Å². The number of piperazine rings is 1. The second-order valence-corrected chi connectivity index (χ2v) is 9.71. The monoisotopic (exact) mass is 496 g/mol. The number of nitrogens with zero attached hydrogens (tertiary/aromatic N) is 5. The van der Waals surface area contributed by atoms with Crippen molar-refractivity contribution >= 4 is 52.5 Å². The van der Waals surface area contributed by atoms with Gasteiger partial charge in [-0.25, -0.2) is 4.98 Å². The molecule has 1 aromatic heterocycles. The molecule has 0 aliphatic carbocycles. The van der Waals surface area contributed by atoms with Crippen molar-refractivity contribution in [3.63, 3.8) is 0 Å². The molecule has 10 heteroatoms. The molecular formula is C22H27Cl3N6O. The number of benzene rings is 1. The number of anilines is 2. The maximum absolute atomic E-state index is 12.8. The van der Waals surface area contributed by atoms with Crippen molar-refractivity contribution in [3.05, 3.63) is 45.0 Å². The van der Waals surface area contributed by atoms with E-state index in [9.17, 15) is 4.79 Å². The summed E-state index contributed by atoms with van der Waals surface area (Å²) in [5.74, 6) is 1.53. The second kappa shape index (κ2) is 10.00. The average Bonchev–Trinajstić information content (AvgIpc) is 3.21. The van der Waals surface area contributed by atoms with Gasteiger partial charge in [0, 0.05) is 42.8 Å². The standard InChI is InChI=1S/C22H27Cl3N6O/c1-14(17-4-3-16(23)11-18(17)24)27-20-19(25)12-26-22(28-20)31-9-7-30(8-10-31)21(32)15-5-6-29(2)13-15/h3-4,11-12,14-15H,5-10,13H2,1-2H3,(H,26,27,28)/t14-,15+/m1/s1. The van der Waals surface area contributed by atoms with Crippen molar-refractivity contribution in [2.24, 2.45) is 5.92 Å². The highest BCUT2D eigenvalue weighted by atomic mass is 35.5. The Morgan fingerprint density at radius 1 is 1.12 bits per heavy atom. The van der Waals surface area contributed by atoms with Gasteiger partial charge in [0.2, 0.25) is 11.9 Å². The molecule has 2 fully saturated rings. The zero-order chi connectivity index (χ0) is 22.8. The molecule has 172 valence electrons. The molecule has 1 aromatic carbocycles. The number of nitrogens with one attached hydrogen (secondary N) is 1. The van der Waals surface area contributed by atoms with Crippen LogP contribution in [0.2, 0.25) is 15.1 Å². The Kier molecular flexibility index (Phi) is 7.30. The first kappa shape index (κ1) is 23.4. The molecule has 1 amide bonds. The summed E-state index contributed by atoms with van der Waals surface area (Å²) in [6.07, 6.45) is 2.55. The van der Waals surface area contributed by atoms with Crippen molar-refractivity contribution in [3.8, 4) is 0 Å². The third-order valence-corrected chi connectivity index (χ3v) is 6.97. The van der Waals surface area contributed by atoms with E-state index in [1.54, 1.807) is 18.3 Å². The molecule has 3 heterocycles. The Labute approximate surface area is 203 Å². The number of hydrogen-bond donors (Lipinski definition) is 1. The summed E-state index contributed by atoms with van der Waals surface area (Å²) in [7, 11) is 2.07. The molecule has 0 bridgehead atoms. The largest absolute Gasteiger partial charge is 0.362 e. The zero-order valence-corrected chi connectivity index (χ0v) is 20.5. The molecule has 2 saturated heterocycles. The summed E-state index contributed by atoms with van der Waals surface area (Å²) in [4.78, 5) is 28.1. The normalized spacial score (nSPS) is 20.5. The number of amides is 1. The quantitative estimate of drug-likeness (QED) is 0.668. The van der Waals surface area contributed by atoms with Crippen LogP contribution in [0.15, 0.2) is 24.4 Å². The highest BCUT2D eigenvalue weighted by molar-refractivity contribution is 6.35. The van der Waals surface area contributed by atoms with E-state index < -0.39 is 0 Å². The van der Waals surface area contributed by atoms with E-state index in [0.717, 1.165) is 25.1 Å². The lowest BCUT2D eigenvalue weighted by Gasteiger charge is -2.36. The molecule has 0 spiro atoms. The van der Waals surface area contributed by atoms with Crippen molar-refractivity contribution in [1.29, 1.82) is 0 Å². The summed E-state index contributed by atoms with van der Waals surface area (Å²) in [5.41, 5.74) is 0.900. The molecule has 2 atom stereocenters. The van der Waals surface area contributed by atoms with Crippen LogP contribution in [-0.4, -0.2) is 72.0 Å². The van der Waals surface area contributed by atoms with E-state index in [0.29, 0.717) is 53.0 Å². The van der Waals surface area contributed by atoms with Crippen LogP contribution < -0.4 is 10.2 Å². The van der Waals surface area contributed by atoms with Crippen LogP contribution in [0.3, 0.4) is 0 Å². The van der Waals surface area contributed by atoms with Crippen LogP contribution in [0.1, 0.15) is 24.9 Å². The van der Waals surface area contributed by atoms with E-state index in [1.165, 1.54) is 0 Å². The Hall–Kier alpha value is -1.80. The minimum Gasteiger partial charge on any atom is -0.362 e. The number of halogens is 3. The van der Waals surface area contributed by atoms with Crippen molar-refractivity contribution < 1.29 is 4.79 Å². The zero-order valence-electron chi connectivity index (χ0n) is 18.2. The van der Waals surface area contributed by atoms with Crippen LogP contribution in [0.5, 0.6) is 0 Å². The van der Waals surface area contributed by atoms with Gasteiger partial charge in [-0.2, -0.15) is 4.98 Å². The van der Waals surface area contributed by atoms with Gasteiger partial charge >= 0.3 is 0 Å². The summed E-state index contributed by atoms with van der Waals surface area (Å²) in [6.45, 7) is 6.55. The van der Waals surface area contributed by atoms with Crippen LogP contribution >= 0.6 is 34.8 Å². The van der Waals surface area contributed by atoms with Gasteiger partial charge in [-0.15, -0.1) is 0 Å². The number of carbonyl (C=O) groups is 1. The molecule has 2 aliphatic heterocycles. The van der Waals surface area contributed by atoms with Gasteiger partial charge in [-0.1, -0.05) is 40.9 Å². The minimum atomic E-state index is -0.126. The molecule has 32 heavy (non-hydrogen) atoms. The van der Waals surface area contributed by atoms with Gasteiger partial charge in [0.15, 0.2) is 5.82 Å². The van der Waals surface area contributed by atoms with Crippen molar-refractivity contribution in [1.82, 2.24) is 19.8 Å². The fraction of sp³-hybridized carbons (Fsp3) is 0.500. The molecule has 2 aromatic rings. The van der Waals surface area contributed by atoms with Gasteiger partial charge < -0.3 is 20.0 Å². The van der Waals surface area contributed by atoms with Crippen LogP contribution in [0, 0.1) is 5.92 Å². The molecule has 0 radical (unpaired) electrons. The third kappa shape index (κ3) is 5.22. The SMILES string of the molecule is C[C@@H](Nc1nc(N2CCN(C(=O)[C@H]3CCN(C)C3)CC2)ncc1Cl)c1ccc(Cl)cc1Cl. The van der Waals surface area contributed by atoms with E-state index in [4.69, 9.17) is 34.8 Å². The first-order valence-electron chi connectivity index (χ1n) is 10.8. The fourth-order valence-electron chi connectivity index (χ4n) is 4.27. The summed E-state index contributed by atoms with van der Waals surface area (Å²) >= 11 is 18.7. The second-order valence-electron chi connectivity index (χ2n) is 8.46. The Bertz CT molecular complexity index is 982. The van der Waals surface area contributed by atoms with Crippen LogP contribution in [0.4, 0.5) is 11.8 Å². The maximum atomic E-state index is 12.8. The van der Waals surface area contributed by atoms with E-state index >= 15 is 0 Å². The number of hydrogen-bond acceptors (Lipinski definition) is 6. The van der Waals surface area contributed by atoms with Gasteiger partial charge in [0.05, 0.1) is 18.2 Å². The molecule has 0 saturated carbocycles. The summed E-state index contributed by atoms with van der Waals surface area (Å²) in [5, 5.41) is 4.93. The Morgan fingerprint density at radius 3 is 2.53 bits per heavy atom. The summed E-state index contributed by atoms with van der Waals surface area (Å²) < 4.78 is 0. The van der Waals surface area contributed by atoms with Gasteiger partial charge in [0.25, 0.3) is 0 Å². The molecule has 2 aliphatic rings. The Balaban J connectivity index is 1.40. The number of rotatable bonds is 5. The molecule has 7 nitrogen and oxygen atoms in total. The first-order chi connectivity index (χ1) is 15.3. The highest BCUT2D eigenvalue weighted by Gasteiger charge is 2.32. The third-order valence-electron chi connectivity index (χ3n) is 6.13. The van der Waals surface area contributed by atoms with Crippen LogP contribution in [0.25, 0.3) is 0 Å². The lowest BCUT2D eigenvalue weighted by Crippen LogP contribution is -2.51. The highest BCUT2D eigenvalue weighted by Crippen LogP contribution is 2.31. The molecule has 4 rings (SSSR count). The lowest BCUT2D eigenvalue weighted by atomic mass is 10.1. The van der Waals surface area contributed by atoms with Crippen LogP contribution in [-0.2, 0) is 4.79 Å². The average molecular weight is 498 g/mol. The Morgan fingerprint density at radius 2 is 1.88 bits per heavy atom. The topological polar surface area (TPSA) is 64.6 Å². The van der Waals surface area contributed by atoms with E-state index in [1.807, 2.05) is 17.9 Å². The van der Waals surface area contributed by atoms with E-state index in [2.05, 4.69) is 32.1 Å². The fourth-order valence-corrected chi connectivity index (χ4v) is 4.99. The summed E-state index contributed by atoms with van der Waals surface area (Å²) in [6, 6.07) is 5.28. The smallest absolute Gasteiger partial charge is 0.227 e. The predicted octanol–water partition coefficient (Wildman–Crippen LogP) is 4.21. The lowest BCUT2D eigenvalue weighted by molar-refractivity contribution is -0.135. The predicted molar refractivity (Wildman–Crippen MR) is 130 cm³/mol. The van der Waals surface area contributed by atoms with Crippen molar-refractivity contribution in [2.45, 2.75) is 19.4 Å². The van der Waals surface area contributed by atoms with E-state index in [-0.39, 0.29) is 17.9 Å².